The van der Waals surface area contributed by atoms with Crippen molar-refractivity contribution in [2.45, 2.75) is 64.3 Å². The van der Waals surface area contributed by atoms with Crippen molar-refractivity contribution in [2.24, 2.45) is 5.92 Å². The molecule has 2 aromatic carbocycles. The number of hydrogen-bond donors (Lipinski definition) is 2. The van der Waals surface area contributed by atoms with Gasteiger partial charge < -0.3 is 15.4 Å². The number of anilines is 3. The van der Waals surface area contributed by atoms with E-state index in [1.165, 1.54) is 67.1 Å². The predicted molar refractivity (Wildman–Crippen MR) is 148 cm³/mol. The van der Waals surface area contributed by atoms with Crippen molar-refractivity contribution in [1.82, 2.24) is 0 Å². The Morgan fingerprint density at radius 1 is 0.943 bits per heavy atom. The van der Waals surface area contributed by atoms with Gasteiger partial charge in [0, 0.05) is 40.5 Å². The second kappa shape index (κ2) is 11.1. The van der Waals surface area contributed by atoms with Crippen LogP contribution in [0.2, 0.25) is 0 Å². The molecule has 2 N–H and O–H groups in total. The molecule has 0 bridgehead atoms. The largest absolute Gasteiger partial charge is 0.471 e. The number of hydrogen-bond acceptors (Lipinski definition) is 3. The molecule has 0 spiro atoms. The Balaban J connectivity index is 1.24. The van der Waals surface area contributed by atoms with Crippen molar-refractivity contribution < 1.29 is 9.30 Å². The van der Waals surface area contributed by atoms with Crippen LogP contribution in [0.15, 0.2) is 48.5 Å². The number of terminal acetylenes is 1. The first-order valence-electron chi connectivity index (χ1n) is 12.9. The molecule has 3 aromatic rings. The zero-order valence-corrected chi connectivity index (χ0v) is 21.1. The standard InChI is InChI=1S/C30H33N3OS/c1-2-18-33-28-11-7-6-10-23(28)19-24-20-27(16-17-29(24)33)31-25-12-14-26(15-13-25)32-30(35)34-21-22-8-4-3-5-9-22/h1,12-17,19-20,22,31H,3-11,18,21H2/p+1. The minimum absolute atomic E-state index is 0.453. The number of pyridine rings is 1. The zero-order chi connectivity index (χ0) is 24.0. The maximum atomic E-state index is 5.81. The number of aryl methyl sites for hydroxylation is 1. The van der Waals surface area contributed by atoms with Crippen LogP contribution in [0.5, 0.6) is 0 Å². The smallest absolute Gasteiger partial charge is 0.261 e. The highest BCUT2D eigenvalue weighted by Crippen LogP contribution is 2.27. The third kappa shape index (κ3) is 5.77. The Labute approximate surface area is 214 Å². The van der Waals surface area contributed by atoms with E-state index in [-0.39, 0.29) is 0 Å². The van der Waals surface area contributed by atoms with Crippen LogP contribution < -0.4 is 15.2 Å². The Hall–Kier alpha value is -3.10. The second-order valence-corrected chi connectivity index (χ2v) is 10.2. The molecule has 2 aliphatic rings. The van der Waals surface area contributed by atoms with Crippen LogP contribution in [0.1, 0.15) is 56.2 Å². The minimum atomic E-state index is 0.453. The van der Waals surface area contributed by atoms with Crippen LogP contribution >= 0.6 is 12.2 Å². The van der Waals surface area contributed by atoms with Crippen molar-refractivity contribution in [2.75, 3.05) is 17.2 Å². The van der Waals surface area contributed by atoms with Crippen LogP contribution in [0, 0.1) is 18.3 Å². The maximum absolute atomic E-state index is 5.81. The van der Waals surface area contributed by atoms with E-state index in [2.05, 4.69) is 57.5 Å². The van der Waals surface area contributed by atoms with Gasteiger partial charge in [0.1, 0.15) is 0 Å². The van der Waals surface area contributed by atoms with Crippen molar-refractivity contribution in [3.05, 3.63) is 59.8 Å². The molecular formula is C30H34N3OS+. The zero-order valence-electron chi connectivity index (χ0n) is 20.3. The number of fused-ring (bicyclic) bond motifs is 2. The normalized spacial score (nSPS) is 15.7. The van der Waals surface area contributed by atoms with Gasteiger partial charge in [0.05, 0.1) is 6.61 Å². The van der Waals surface area contributed by atoms with Crippen LogP contribution in [0.25, 0.3) is 10.9 Å². The van der Waals surface area contributed by atoms with E-state index in [4.69, 9.17) is 23.4 Å². The maximum Gasteiger partial charge on any atom is 0.261 e. The molecule has 0 amide bonds. The molecule has 0 atom stereocenters. The van der Waals surface area contributed by atoms with Gasteiger partial charge in [-0.2, -0.15) is 4.57 Å². The van der Waals surface area contributed by atoms with Crippen molar-refractivity contribution in [3.63, 3.8) is 0 Å². The molecule has 35 heavy (non-hydrogen) atoms. The van der Waals surface area contributed by atoms with Crippen molar-refractivity contribution >= 4 is 45.4 Å². The second-order valence-electron chi connectivity index (χ2n) is 9.82. The first-order valence-corrected chi connectivity index (χ1v) is 13.3. The summed E-state index contributed by atoms with van der Waals surface area (Å²) in [7, 11) is 0. The number of ether oxygens (including phenoxy) is 1. The third-order valence-electron chi connectivity index (χ3n) is 7.30. The molecule has 5 heteroatoms. The van der Waals surface area contributed by atoms with E-state index in [9.17, 15) is 0 Å². The first-order chi connectivity index (χ1) is 17.2. The SMILES string of the molecule is C#CC[n+]1c2c(cc3cc(Nc4ccc(NC(=S)OCC5CCCCC5)cc4)ccc31)CCCC2. The molecule has 0 aliphatic heterocycles. The summed E-state index contributed by atoms with van der Waals surface area (Å²) < 4.78 is 8.14. The highest BCUT2D eigenvalue weighted by atomic mass is 32.1. The first kappa shape index (κ1) is 23.6. The highest BCUT2D eigenvalue weighted by Gasteiger charge is 2.23. The molecule has 0 unspecified atom stereocenters. The average Bonchev–Trinajstić information content (AvgIpc) is 2.89. The third-order valence-corrected chi connectivity index (χ3v) is 7.52. The van der Waals surface area contributed by atoms with Gasteiger partial charge in [0.15, 0.2) is 5.69 Å². The summed E-state index contributed by atoms with van der Waals surface area (Å²) in [4.78, 5) is 0. The molecule has 1 saturated carbocycles. The number of aromatic nitrogens is 1. The van der Waals surface area contributed by atoms with Gasteiger partial charge in [0.25, 0.3) is 5.17 Å². The fourth-order valence-electron chi connectivity index (χ4n) is 5.48. The fourth-order valence-corrected chi connectivity index (χ4v) is 5.67. The molecule has 2 aliphatic carbocycles. The molecule has 4 nitrogen and oxygen atoms in total. The summed E-state index contributed by atoms with van der Waals surface area (Å²) in [5, 5.41) is 8.42. The Bertz CT molecular complexity index is 1240. The van der Waals surface area contributed by atoms with Crippen LogP contribution in [0.3, 0.4) is 0 Å². The van der Waals surface area contributed by atoms with Gasteiger partial charge in [0.2, 0.25) is 12.1 Å². The average molecular weight is 485 g/mol. The molecular weight excluding hydrogens is 450 g/mol. The van der Waals surface area contributed by atoms with Crippen LogP contribution in [-0.4, -0.2) is 11.8 Å². The topological polar surface area (TPSA) is 37.2 Å². The van der Waals surface area contributed by atoms with E-state index in [0.29, 0.717) is 17.6 Å². The molecule has 1 heterocycles. The number of nitrogens with one attached hydrogen (secondary N) is 2. The van der Waals surface area contributed by atoms with Crippen LogP contribution in [-0.2, 0) is 24.1 Å². The van der Waals surface area contributed by atoms with Gasteiger partial charge >= 0.3 is 0 Å². The summed E-state index contributed by atoms with van der Waals surface area (Å²) in [5.74, 6) is 3.49. The summed E-state index contributed by atoms with van der Waals surface area (Å²) in [6.45, 7) is 1.34. The minimum Gasteiger partial charge on any atom is -0.471 e. The summed E-state index contributed by atoms with van der Waals surface area (Å²) in [5.41, 5.74) is 7.07. The Morgan fingerprint density at radius 2 is 1.69 bits per heavy atom. The molecule has 1 aromatic heterocycles. The van der Waals surface area contributed by atoms with E-state index in [1.807, 2.05) is 12.1 Å². The van der Waals surface area contributed by atoms with E-state index in [0.717, 1.165) is 36.5 Å². The predicted octanol–water partition coefficient (Wildman–Crippen LogP) is 6.68. The lowest BCUT2D eigenvalue weighted by Gasteiger charge is -2.22. The number of rotatable bonds is 6. The van der Waals surface area contributed by atoms with Crippen molar-refractivity contribution in [3.8, 4) is 12.3 Å². The van der Waals surface area contributed by atoms with Gasteiger partial charge in [-0.05, 0) is 98.6 Å². The van der Waals surface area contributed by atoms with Gasteiger partial charge in [-0.15, -0.1) is 6.42 Å². The number of benzene rings is 2. The van der Waals surface area contributed by atoms with Gasteiger partial charge in [-0.25, -0.2) is 0 Å². The van der Waals surface area contributed by atoms with E-state index in [1.54, 1.807) is 0 Å². The monoisotopic (exact) mass is 484 g/mol. The Morgan fingerprint density at radius 3 is 2.49 bits per heavy atom. The fraction of sp³-hybridized carbons (Fsp3) is 0.400. The van der Waals surface area contributed by atoms with Crippen molar-refractivity contribution in [1.29, 1.82) is 0 Å². The van der Waals surface area contributed by atoms with Crippen LogP contribution in [0.4, 0.5) is 17.1 Å². The lowest BCUT2D eigenvalue weighted by molar-refractivity contribution is -0.667. The Kier molecular flexibility index (Phi) is 7.49. The molecule has 1 fully saturated rings. The summed E-state index contributed by atoms with van der Waals surface area (Å²) in [6.07, 6.45) is 16.9. The molecule has 0 saturated heterocycles. The van der Waals surface area contributed by atoms with E-state index < -0.39 is 0 Å². The van der Waals surface area contributed by atoms with Gasteiger partial charge in [-0.1, -0.05) is 19.3 Å². The molecule has 0 radical (unpaired) electrons. The molecule has 5 rings (SSSR count). The lowest BCUT2D eigenvalue weighted by Crippen LogP contribution is -2.41. The quantitative estimate of drug-likeness (QED) is 0.233. The highest BCUT2D eigenvalue weighted by molar-refractivity contribution is 7.80. The number of nitrogens with zero attached hydrogens (tertiary/aromatic N) is 1. The van der Waals surface area contributed by atoms with Gasteiger partial charge in [-0.3, -0.25) is 0 Å². The summed E-state index contributed by atoms with van der Waals surface area (Å²) in [6, 6.07) is 17.0. The molecule has 180 valence electrons. The number of thiocarbonyl (C=S) groups is 1. The van der Waals surface area contributed by atoms with E-state index >= 15 is 0 Å². The summed E-state index contributed by atoms with van der Waals surface area (Å²) >= 11 is 5.40. The lowest BCUT2D eigenvalue weighted by atomic mass is 9.90.